The minimum atomic E-state index is -1.19. The summed E-state index contributed by atoms with van der Waals surface area (Å²) in [5.41, 5.74) is 0.455. The molecule has 2 rings (SSSR count). The highest BCUT2D eigenvalue weighted by Crippen LogP contribution is 2.35. The van der Waals surface area contributed by atoms with Crippen LogP contribution in [-0.4, -0.2) is 46.9 Å². The third-order valence-corrected chi connectivity index (χ3v) is 4.07. The van der Waals surface area contributed by atoms with Crippen LogP contribution in [0.2, 0.25) is 5.02 Å². The molecular weight excluding hydrogens is 320 g/mol. The van der Waals surface area contributed by atoms with Gasteiger partial charge in [-0.3, -0.25) is 0 Å². The van der Waals surface area contributed by atoms with Gasteiger partial charge < -0.3 is 24.4 Å². The number of hydrogen-bond donors (Lipinski definition) is 2. The number of ether oxygens (including phenoxy) is 1. The van der Waals surface area contributed by atoms with Gasteiger partial charge in [-0.1, -0.05) is 11.6 Å². The van der Waals surface area contributed by atoms with Crippen LogP contribution < -0.4 is 10.2 Å². The first-order valence-corrected chi connectivity index (χ1v) is 7.83. The normalized spacial score (nSPS) is 17.1. The van der Waals surface area contributed by atoms with E-state index in [0.29, 0.717) is 28.4 Å². The zero-order valence-electron chi connectivity index (χ0n) is 13.7. The van der Waals surface area contributed by atoms with Gasteiger partial charge in [0.1, 0.15) is 5.75 Å². The maximum Gasteiger partial charge on any atom is 0.495 e. The summed E-state index contributed by atoms with van der Waals surface area (Å²) in [6, 6.07) is 3.35. The topological polar surface area (TPSA) is 79.2 Å². The average molecular weight is 342 g/mol. The molecular formula is C15H21BClNO5. The Morgan fingerprint density at radius 2 is 2.13 bits per heavy atom. The van der Waals surface area contributed by atoms with E-state index in [1.807, 2.05) is 6.92 Å². The van der Waals surface area contributed by atoms with Gasteiger partial charge in [0.05, 0.1) is 19.3 Å². The molecule has 2 N–H and O–H groups in total. The Kier molecular flexibility index (Phi) is 5.13. The second kappa shape index (κ2) is 6.59. The first-order chi connectivity index (χ1) is 10.7. The van der Waals surface area contributed by atoms with Gasteiger partial charge in [0.2, 0.25) is 0 Å². The number of fused-ring (bicyclic) bond motifs is 1. The molecule has 0 unspecified atom stereocenters. The minimum Gasteiger partial charge on any atom is -0.494 e. The molecule has 0 saturated carbocycles. The smallest absolute Gasteiger partial charge is 0.494 e. The third kappa shape index (κ3) is 3.57. The van der Waals surface area contributed by atoms with Crippen LogP contribution >= 0.6 is 11.6 Å². The van der Waals surface area contributed by atoms with Crippen molar-refractivity contribution in [2.24, 2.45) is 0 Å². The van der Waals surface area contributed by atoms with E-state index >= 15 is 0 Å². The largest absolute Gasteiger partial charge is 0.495 e. The third-order valence-electron chi connectivity index (χ3n) is 3.74. The molecule has 0 radical (unpaired) electrons. The van der Waals surface area contributed by atoms with E-state index in [4.69, 9.17) is 21.0 Å². The van der Waals surface area contributed by atoms with Gasteiger partial charge in [-0.2, -0.15) is 0 Å². The van der Waals surface area contributed by atoms with Crippen LogP contribution in [0.1, 0.15) is 39.4 Å². The van der Waals surface area contributed by atoms with Crippen molar-refractivity contribution in [3.63, 3.8) is 0 Å². The van der Waals surface area contributed by atoms with Gasteiger partial charge >= 0.3 is 13.2 Å². The Bertz CT molecular complexity index is 604. The summed E-state index contributed by atoms with van der Waals surface area (Å²) < 4.78 is 11.1. The van der Waals surface area contributed by atoms with Gasteiger partial charge in [0.25, 0.3) is 0 Å². The second-order valence-electron chi connectivity index (χ2n) is 6.35. The molecule has 1 amide bonds. The number of carbonyl (C=O) groups is 1. The quantitative estimate of drug-likeness (QED) is 0.821. The SMILES string of the molecule is CCOc1ccc(Cl)c2c1B(O)O[C@H]2CN(C(=O)O)C(C)(C)C. The Morgan fingerprint density at radius 1 is 1.48 bits per heavy atom. The summed E-state index contributed by atoms with van der Waals surface area (Å²) in [7, 11) is -1.19. The van der Waals surface area contributed by atoms with Gasteiger partial charge in [0.15, 0.2) is 0 Å². The molecule has 6 nitrogen and oxygen atoms in total. The molecule has 1 aromatic rings. The first-order valence-electron chi connectivity index (χ1n) is 7.46. The molecule has 126 valence electrons. The molecule has 1 aliphatic heterocycles. The molecule has 0 bridgehead atoms. The predicted molar refractivity (Wildman–Crippen MR) is 88.5 cm³/mol. The minimum absolute atomic E-state index is 0.0677. The molecule has 8 heteroatoms. The summed E-state index contributed by atoms with van der Waals surface area (Å²) in [5, 5.41) is 20.1. The lowest BCUT2D eigenvalue weighted by Crippen LogP contribution is -2.47. The number of benzene rings is 1. The Balaban J connectivity index is 2.40. The maximum atomic E-state index is 11.5. The molecule has 23 heavy (non-hydrogen) atoms. The summed E-state index contributed by atoms with van der Waals surface area (Å²) in [5.74, 6) is 0.500. The van der Waals surface area contributed by atoms with Crippen LogP contribution in [0.4, 0.5) is 4.79 Å². The fraction of sp³-hybridized carbons (Fsp3) is 0.533. The number of rotatable bonds is 4. The summed E-state index contributed by atoms with van der Waals surface area (Å²) in [6.45, 7) is 7.74. The van der Waals surface area contributed by atoms with Crippen molar-refractivity contribution in [3.05, 3.63) is 22.7 Å². The highest BCUT2D eigenvalue weighted by atomic mass is 35.5. The summed E-state index contributed by atoms with van der Waals surface area (Å²) >= 11 is 6.27. The molecule has 1 aromatic carbocycles. The van der Waals surface area contributed by atoms with E-state index in [2.05, 4.69) is 0 Å². The van der Waals surface area contributed by atoms with E-state index in [1.54, 1.807) is 32.9 Å². The fourth-order valence-electron chi connectivity index (χ4n) is 2.68. The number of halogens is 1. The Labute approximate surface area is 141 Å². The number of hydrogen-bond acceptors (Lipinski definition) is 4. The van der Waals surface area contributed by atoms with E-state index in [-0.39, 0.29) is 6.54 Å². The van der Waals surface area contributed by atoms with Crippen LogP contribution in [0.5, 0.6) is 5.75 Å². The van der Waals surface area contributed by atoms with Crippen molar-refractivity contribution in [3.8, 4) is 5.75 Å². The number of amides is 1. The predicted octanol–water partition coefficient (Wildman–Crippen LogP) is 2.28. The maximum absolute atomic E-state index is 11.5. The standard InChI is InChI=1S/C15H21BClNO5/c1-5-22-10-7-6-9(17)12-11(23-16(21)13(10)12)8-18(14(19)20)15(2,3)4/h6-7,11,21H,5,8H2,1-4H3,(H,19,20)/t11-/m0/s1. The van der Waals surface area contributed by atoms with Crippen LogP contribution in [0.3, 0.4) is 0 Å². The molecule has 0 saturated heterocycles. The molecule has 0 aromatic heterocycles. The molecule has 0 aliphatic carbocycles. The second-order valence-corrected chi connectivity index (χ2v) is 6.75. The summed E-state index contributed by atoms with van der Waals surface area (Å²) in [6.07, 6.45) is -1.70. The first kappa shape index (κ1) is 17.9. The monoisotopic (exact) mass is 341 g/mol. The van der Waals surface area contributed by atoms with E-state index in [1.165, 1.54) is 4.90 Å². The van der Waals surface area contributed by atoms with Crippen molar-refractivity contribution < 1.29 is 24.3 Å². The Hall–Kier alpha value is -1.44. The lowest BCUT2D eigenvalue weighted by atomic mass is 9.78. The van der Waals surface area contributed by atoms with Crippen molar-refractivity contribution in [2.45, 2.75) is 39.3 Å². The van der Waals surface area contributed by atoms with E-state index in [9.17, 15) is 14.9 Å². The highest BCUT2D eigenvalue weighted by Gasteiger charge is 2.42. The molecule has 1 heterocycles. The average Bonchev–Trinajstić information content (AvgIpc) is 2.76. The van der Waals surface area contributed by atoms with Crippen molar-refractivity contribution in [2.75, 3.05) is 13.2 Å². The molecule has 0 spiro atoms. The molecule has 1 aliphatic rings. The van der Waals surface area contributed by atoms with Crippen molar-refractivity contribution >= 4 is 30.3 Å². The summed E-state index contributed by atoms with van der Waals surface area (Å²) in [4.78, 5) is 12.8. The zero-order chi connectivity index (χ0) is 17.4. The highest BCUT2D eigenvalue weighted by molar-refractivity contribution is 6.63. The van der Waals surface area contributed by atoms with Crippen molar-refractivity contribution in [1.29, 1.82) is 0 Å². The van der Waals surface area contributed by atoms with Crippen LogP contribution in [0.25, 0.3) is 0 Å². The number of carboxylic acid groups (broad SMARTS) is 1. The Morgan fingerprint density at radius 3 is 2.65 bits per heavy atom. The van der Waals surface area contributed by atoms with Gasteiger partial charge in [-0.25, -0.2) is 4.79 Å². The zero-order valence-corrected chi connectivity index (χ0v) is 14.4. The van der Waals surface area contributed by atoms with Crippen molar-refractivity contribution in [1.82, 2.24) is 4.90 Å². The fourth-order valence-corrected chi connectivity index (χ4v) is 2.97. The van der Waals surface area contributed by atoms with Crippen LogP contribution in [0, 0.1) is 0 Å². The van der Waals surface area contributed by atoms with E-state index in [0.717, 1.165) is 0 Å². The van der Waals surface area contributed by atoms with Gasteiger partial charge in [0, 0.05) is 21.6 Å². The molecule has 0 fully saturated rings. The number of nitrogens with zero attached hydrogens (tertiary/aromatic N) is 1. The van der Waals surface area contributed by atoms with E-state index < -0.39 is 24.9 Å². The lowest BCUT2D eigenvalue weighted by Gasteiger charge is -2.35. The molecule has 1 atom stereocenters. The van der Waals surface area contributed by atoms with Crippen LogP contribution in [-0.2, 0) is 4.65 Å². The van der Waals surface area contributed by atoms with Gasteiger partial charge in [-0.15, -0.1) is 0 Å². The van der Waals surface area contributed by atoms with Crippen LogP contribution in [0.15, 0.2) is 12.1 Å². The lowest BCUT2D eigenvalue weighted by molar-refractivity contribution is 0.0626. The van der Waals surface area contributed by atoms with Gasteiger partial charge in [-0.05, 0) is 39.8 Å².